The third kappa shape index (κ3) is 5.63. The van der Waals surface area contributed by atoms with Crippen molar-refractivity contribution in [3.05, 3.63) is 83.2 Å². The highest BCUT2D eigenvalue weighted by molar-refractivity contribution is 5.95. The number of hydrogen-bond acceptors (Lipinski definition) is 5. The van der Waals surface area contributed by atoms with Crippen molar-refractivity contribution in [1.82, 2.24) is 4.98 Å². The van der Waals surface area contributed by atoms with Crippen LogP contribution < -0.4 is 10.2 Å². The Morgan fingerprint density at radius 3 is 2.35 bits per heavy atom. The molecule has 0 spiro atoms. The minimum absolute atomic E-state index is 0.359. The molecule has 162 valence electrons. The minimum Gasteiger partial charge on any atom is -0.465 e. The van der Waals surface area contributed by atoms with E-state index in [1.807, 2.05) is 0 Å². The van der Waals surface area contributed by atoms with Crippen LogP contribution in [0.15, 0.2) is 60.9 Å². The Labute approximate surface area is 185 Å². The number of nitrogens with one attached hydrogen (secondary N) is 1. The zero-order valence-electron chi connectivity index (χ0n) is 18.8. The summed E-state index contributed by atoms with van der Waals surface area (Å²) >= 11 is 0. The molecule has 0 atom stereocenters. The number of hydrogen-bond donors (Lipinski definition) is 1. The molecule has 3 aromatic rings. The molecule has 1 N–H and O–H groups in total. The van der Waals surface area contributed by atoms with Crippen molar-refractivity contribution in [3.8, 4) is 0 Å². The van der Waals surface area contributed by atoms with Gasteiger partial charge in [0.25, 0.3) is 0 Å². The van der Waals surface area contributed by atoms with Crippen LogP contribution in [-0.2, 0) is 17.6 Å². The molecule has 1 aliphatic rings. The van der Waals surface area contributed by atoms with Crippen molar-refractivity contribution in [1.29, 1.82) is 0 Å². The van der Waals surface area contributed by atoms with E-state index < -0.39 is 0 Å². The second kappa shape index (κ2) is 10.6. The summed E-state index contributed by atoms with van der Waals surface area (Å²) < 4.78 is 4.57. The van der Waals surface area contributed by atoms with E-state index in [1.165, 1.54) is 49.7 Å². The van der Waals surface area contributed by atoms with Crippen LogP contribution in [0, 0.1) is 6.92 Å². The van der Waals surface area contributed by atoms with Gasteiger partial charge < -0.3 is 15.0 Å². The first kappa shape index (κ1) is 22.3. The Bertz CT molecular complexity index is 1020. The van der Waals surface area contributed by atoms with Gasteiger partial charge in [-0.3, -0.25) is 4.98 Å². The van der Waals surface area contributed by atoms with Gasteiger partial charge in [-0.05, 0) is 74.1 Å². The van der Waals surface area contributed by atoms with E-state index in [4.69, 9.17) is 0 Å². The number of nitrogens with zero attached hydrogens (tertiary/aromatic N) is 2. The van der Waals surface area contributed by atoms with Crippen molar-refractivity contribution in [2.24, 2.45) is 0 Å². The summed E-state index contributed by atoms with van der Waals surface area (Å²) in [6, 6.07) is 17.3. The van der Waals surface area contributed by atoms with Crippen molar-refractivity contribution < 1.29 is 9.53 Å². The quantitative estimate of drug-likeness (QED) is 0.564. The average molecular weight is 418 g/mol. The van der Waals surface area contributed by atoms with Crippen LogP contribution in [0.4, 0.5) is 17.1 Å². The van der Waals surface area contributed by atoms with Gasteiger partial charge in [0.15, 0.2) is 0 Å². The van der Waals surface area contributed by atoms with E-state index in [0.717, 1.165) is 0 Å². The average Bonchev–Trinajstić information content (AvgIpc) is 2.83. The van der Waals surface area contributed by atoms with Crippen molar-refractivity contribution >= 4 is 23.0 Å². The van der Waals surface area contributed by atoms with E-state index in [9.17, 15) is 4.79 Å². The lowest BCUT2D eigenvalue weighted by Crippen LogP contribution is -2.11. The van der Waals surface area contributed by atoms with Gasteiger partial charge in [-0.1, -0.05) is 23.8 Å². The summed E-state index contributed by atoms with van der Waals surface area (Å²) in [6.45, 7) is 2.13. The van der Waals surface area contributed by atoms with Gasteiger partial charge in [0.1, 0.15) is 0 Å². The summed E-state index contributed by atoms with van der Waals surface area (Å²) in [6.07, 6.45) is 8.30. The third-order valence-corrected chi connectivity index (χ3v) is 5.64. The lowest BCUT2D eigenvalue weighted by Gasteiger charge is -2.23. The molecule has 0 bridgehead atoms. The first-order valence-electron chi connectivity index (χ1n) is 10.7. The predicted octanol–water partition coefficient (Wildman–Crippen LogP) is 5.55. The van der Waals surface area contributed by atoms with Crippen LogP contribution in [0.25, 0.3) is 0 Å². The maximum Gasteiger partial charge on any atom is 0.340 e. The summed E-state index contributed by atoms with van der Waals surface area (Å²) in [5.41, 5.74) is 8.11. The molecule has 4 rings (SSSR count). The van der Waals surface area contributed by atoms with Crippen molar-refractivity contribution in [3.63, 3.8) is 0 Å². The lowest BCUT2D eigenvalue weighted by atomic mass is 9.91. The van der Waals surface area contributed by atoms with Gasteiger partial charge in [-0.25, -0.2) is 4.79 Å². The van der Waals surface area contributed by atoms with E-state index in [-0.39, 0.29) is 5.97 Å². The summed E-state index contributed by atoms with van der Waals surface area (Å²) in [5, 5.41) is 2.85. The van der Waals surface area contributed by atoms with Crippen LogP contribution in [0.1, 0.15) is 39.9 Å². The van der Waals surface area contributed by atoms with Gasteiger partial charge in [0.2, 0.25) is 0 Å². The Morgan fingerprint density at radius 2 is 1.68 bits per heavy atom. The molecule has 5 nitrogen and oxygen atoms in total. The number of rotatable bonds is 4. The number of carbonyl (C=O) groups excluding carboxylic acids is 1. The molecule has 1 aliphatic carbocycles. The molecule has 0 fully saturated rings. The molecule has 1 heterocycles. The number of pyridine rings is 1. The van der Waals surface area contributed by atoms with Crippen LogP contribution >= 0.6 is 0 Å². The number of esters is 1. The number of carbonyl (C=O) groups is 1. The summed E-state index contributed by atoms with van der Waals surface area (Å²) in [4.78, 5) is 17.2. The second-order valence-electron chi connectivity index (χ2n) is 7.72. The SMILES string of the molecule is CNc1cnccc1C(=O)OC.Cc1ccc(N(C)c2ccc3c(c2)CCCC3)cc1. The maximum atomic E-state index is 11.1. The molecule has 1 aromatic heterocycles. The topological polar surface area (TPSA) is 54.5 Å². The Balaban J connectivity index is 0.000000196. The fourth-order valence-corrected chi connectivity index (χ4v) is 3.73. The Hall–Kier alpha value is -3.34. The first-order valence-corrected chi connectivity index (χ1v) is 10.7. The number of fused-ring (bicyclic) bond motifs is 1. The predicted molar refractivity (Wildman–Crippen MR) is 127 cm³/mol. The maximum absolute atomic E-state index is 11.1. The highest BCUT2D eigenvalue weighted by atomic mass is 16.5. The molecule has 0 saturated heterocycles. The minimum atomic E-state index is -0.359. The Morgan fingerprint density at radius 1 is 1.00 bits per heavy atom. The van der Waals surface area contributed by atoms with E-state index in [2.05, 4.69) is 76.4 Å². The largest absolute Gasteiger partial charge is 0.465 e. The highest BCUT2D eigenvalue weighted by Crippen LogP contribution is 2.29. The number of aryl methyl sites for hydroxylation is 3. The molecule has 0 unspecified atom stereocenters. The number of benzene rings is 2. The molecule has 31 heavy (non-hydrogen) atoms. The van der Waals surface area contributed by atoms with E-state index in [1.54, 1.807) is 36.6 Å². The highest BCUT2D eigenvalue weighted by Gasteiger charge is 2.12. The van der Waals surface area contributed by atoms with Crippen molar-refractivity contribution in [2.75, 3.05) is 31.4 Å². The molecule has 0 aliphatic heterocycles. The van der Waals surface area contributed by atoms with Gasteiger partial charge in [-0.2, -0.15) is 0 Å². The number of aromatic nitrogens is 1. The van der Waals surface area contributed by atoms with Crippen molar-refractivity contribution in [2.45, 2.75) is 32.6 Å². The van der Waals surface area contributed by atoms with Gasteiger partial charge in [0.05, 0.1) is 24.6 Å². The fourth-order valence-electron chi connectivity index (χ4n) is 3.73. The molecule has 5 heteroatoms. The van der Waals surface area contributed by atoms with Crippen LogP contribution in [0.5, 0.6) is 0 Å². The van der Waals surface area contributed by atoms with Crippen LogP contribution in [0.3, 0.4) is 0 Å². The van der Waals surface area contributed by atoms with Gasteiger partial charge >= 0.3 is 5.97 Å². The number of methoxy groups -OCH3 is 1. The number of anilines is 3. The molecular formula is C26H31N3O2. The summed E-state index contributed by atoms with van der Waals surface area (Å²) in [7, 11) is 5.22. The van der Waals surface area contributed by atoms with E-state index in [0.29, 0.717) is 11.3 Å². The second-order valence-corrected chi connectivity index (χ2v) is 7.72. The normalized spacial score (nSPS) is 12.1. The molecule has 2 aromatic carbocycles. The summed E-state index contributed by atoms with van der Waals surface area (Å²) in [5.74, 6) is -0.359. The molecule has 0 saturated carbocycles. The standard InChI is InChI=1S/C18H21N.C8H10N2O2/c1-14-7-10-17(11-8-14)19(2)18-12-9-15-5-3-4-6-16(15)13-18;1-9-7-5-10-4-3-6(7)8(11)12-2/h7-13H,3-6H2,1-2H3;3-5,9H,1-2H3. The van der Waals surface area contributed by atoms with Crippen LogP contribution in [-0.4, -0.2) is 32.2 Å². The fraction of sp³-hybridized carbons (Fsp3) is 0.308. The number of ether oxygens (including phenoxy) is 1. The molecular weight excluding hydrogens is 386 g/mol. The monoisotopic (exact) mass is 417 g/mol. The smallest absolute Gasteiger partial charge is 0.340 e. The van der Waals surface area contributed by atoms with Crippen LogP contribution in [0.2, 0.25) is 0 Å². The lowest BCUT2D eigenvalue weighted by molar-refractivity contribution is 0.0601. The molecule has 0 radical (unpaired) electrons. The first-order chi connectivity index (χ1) is 15.0. The molecule has 0 amide bonds. The van der Waals surface area contributed by atoms with Gasteiger partial charge in [0, 0.05) is 31.7 Å². The van der Waals surface area contributed by atoms with Gasteiger partial charge in [-0.15, -0.1) is 0 Å². The Kier molecular flexibility index (Phi) is 7.65. The third-order valence-electron chi connectivity index (χ3n) is 5.64. The zero-order chi connectivity index (χ0) is 22.2. The zero-order valence-corrected chi connectivity index (χ0v) is 18.8. The van der Waals surface area contributed by atoms with E-state index >= 15 is 0 Å².